The van der Waals surface area contributed by atoms with Gasteiger partial charge in [-0.2, -0.15) is 0 Å². The molecule has 26 heavy (non-hydrogen) atoms. The molecule has 0 fully saturated rings. The SMILES string of the molecule is CC.CC.CC(C)c1ccc(-c2cc3ccccc3s2)cn1.CCCO. The topological polar surface area (TPSA) is 33.1 Å². The fourth-order valence-electron chi connectivity index (χ4n) is 2.02. The lowest BCUT2D eigenvalue weighted by atomic mass is 10.1. The molecule has 0 unspecified atom stereocenters. The Morgan fingerprint density at radius 3 is 2.08 bits per heavy atom. The van der Waals surface area contributed by atoms with Crippen LogP contribution in [0.15, 0.2) is 48.7 Å². The summed E-state index contributed by atoms with van der Waals surface area (Å²) in [7, 11) is 0. The second-order valence-corrected chi connectivity index (χ2v) is 6.58. The predicted octanol–water partition coefficient (Wildman–Crippen LogP) is 7.53. The first kappa shape index (κ1) is 24.3. The third-order valence-electron chi connectivity index (χ3n) is 3.31. The molecule has 0 aliphatic rings. The zero-order chi connectivity index (χ0) is 19.9. The molecule has 0 saturated heterocycles. The fraction of sp³-hybridized carbons (Fsp3) is 0.435. The maximum atomic E-state index is 7.88. The van der Waals surface area contributed by atoms with E-state index in [9.17, 15) is 0 Å². The summed E-state index contributed by atoms with van der Waals surface area (Å²) >= 11 is 1.82. The normalized spacial score (nSPS) is 9.42. The van der Waals surface area contributed by atoms with Gasteiger partial charge in [-0.15, -0.1) is 11.3 Å². The summed E-state index contributed by atoms with van der Waals surface area (Å²) in [5, 5.41) is 9.19. The minimum absolute atomic E-state index is 0.319. The van der Waals surface area contributed by atoms with Crippen LogP contribution in [0.1, 0.15) is 66.5 Å². The molecule has 3 rings (SSSR count). The first-order chi connectivity index (χ1) is 12.7. The van der Waals surface area contributed by atoms with E-state index < -0.39 is 0 Å². The molecule has 0 saturated carbocycles. The number of aliphatic hydroxyl groups excluding tert-OH is 1. The molecule has 0 atom stereocenters. The number of aromatic nitrogens is 1. The van der Waals surface area contributed by atoms with E-state index >= 15 is 0 Å². The average molecular weight is 374 g/mol. The van der Waals surface area contributed by atoms with Crippen molar-refractivity contribution in [1.82, 2.24) is 4.98 Å². The van der Waals surface area contributed by atoms with E-state index in [0.29, 0.717) is 12.5 Å². The molecule has 0 amide bonds. The van der Waals surface area contributed by atoms with E-state index in [1.165, 1.54) is 20.5 Å². The van der Waals surface area contributed by atoms with Crippen molar-refractivity contribution < 1.29 is 5.11 Å². The molecule has 0 aliphatic carbocycles. The van der Waals surface area contributed by atoms with Gasteiger partial charge >= 0.3 is 0 Å². The quantitative estimate of drug-likeness (QED) is 0.514. The maximum absolute atomic E-state index is 7.88. The molecule has 1 N–H and O–H groups in total. The van der Waals surface area contributed by atoms with Gasteiger partial charge in [0.2, 0.25) is 0 Å². The van der Waals surface area contributed by atoms with E-state index in [0.717, 1.165) is 12.1 Å². The Hall–Kier alpha value is -1.71. The third kappa shape index (κ3) is 7.67. The molecule has 144 valence electrons. The molecule has 0 aliphatic heterocycles. The van der Waals surface area contributed by atoms with Crippen LogP contribution in [0, 0.1) is 0 Å². The molecule has 0 spiro atoms. The first-order valence-corrected chi connectivity index (χ1v) is 10.5. The number of rotatable bonds is 3. The van der Waals surface area contributed by atoms with Crippen LogP contribution < -0.4 is 0 Å². The minimum Gasteiger partial charge on any atom is -0.396 e. The van der Waals surface area contributed by atoms with Crippen LogP contribution in [0.2, 0.25) is 0 Å². The van der Waals surface area contributed by atoms with Gasteiger partial charge in [-0.3, -0.25) is 4.98 Å². The summed E-state index contributed by atoms with van der Waals surface area (Å²) in [6.45, 7) is 14.6. The van der Waals surface area contributed by atoms with Crippen molar-refractivity contribution in [3.8, 4) is 10.4 Å². The summed E-state index contributed by atoms with van der Waals surface area (Å²) in [5.74, 6) is 0.487. The Morgan fingerprint density at radius 2 is 1.62 bits per heavy atom. The van der Waals surface area contributed by atoms with Gasteiger partial charge in [-0.05, 0) is 35.9 Å². The number of nitrogens with zero attached hydrogens (tertiary/aromatic N) is 1. The average Bonchev–Trinajstić information content (AvgIpc) is 3.15. The highest BCUT2D eigenvalue weighted by Crippen LogP contribution is 2.33. The molecule has 2 heterocycles. The van der Waals surface area contributed by atoms with Gasteiger partial charge < -0.3 is 5.11 Å². The molecule has 1 aromatic carbocycles. The minimum atomic E-state index is 0.319. The molecular formula is C23H35NOS. The van der Waals surface area contributed by atoms with Crippen LogP contribution >= 0.6 is 11.3 Å². The third-order valence-corrected chi connectivity index (χ3v) is 4.48. The zero-order valence-corrected chi connectivity index (χ0v) is 18.2. The number of fused-ring (bicyclic) bond motifs is 1. The van der Waals surface area contributed by atoms with E-state index in [1.54, 1.807) is 0 Å². The summed E-state index contributed by atoms with van der Waals surface area (Å²) in [4.78, 5) is 5.82. The monoisotopic (exact) mass is 373 g/mol. The van der Waals surface area contributed by atoms with Gasteiger partial charge in [0.15, 0.2) is 0 Å². The second kappa shape index (κ2) is 14.5. The summed E-state index contributed by atoms with van der Waals surface area (Å²) < 4.78 is 1.33. The molecule has 2 aromatic heterocycles. The number of hydrogen-bond donors (Lipinski definition) is 1. The Morgan fingerprint density at radius 1 is 1.00 bits per heavy atom. The highest BCUT2D eigenvalue weighted by molar-refractivity contribution is 7.22. The van der Waals surface area contributed by atoms with Gasteiger partial charge in [0.1, 0.15) is 0 Å². The first-order valence-electron chi connectivity index (χ1n) is 9.71. The van der Waals surface area contributed by atoms with Crippen LogP contribution in [-0.2, 0) is 0 Å². The number of thiophene rings is 1. The van der Waals surface area contributed by atoms with Crippen molar-refractivity contribution in [3.63, 3.8) is 0 Å². The van der Waals surface area contributed by atoms with Crippen LogP contribution in [-0.4, -0.2) is 16.7 Å². The molecule has 3 aromatic rings. The largest absolute Gasteiger partial charge is 0.396 e. The summed E-state index contributed by atoms with van der Waals surface area (Å²) in [5.41, 5.74) is 2.36. The summed E-state index contributed by atoms with van der Waals surface area (Å²) in [6, 6.07) is 15.0. The molecule has 2 nitrogen and oxygen atoms in total. The van der Waals surface area contributed by atoms with Crippen molar-refractivity contribution in [2.24, 2.45) is 0 Å². The van der Waals surface area contributed by atoms with Gasteiger partial charge in [0.25, 0.3) is 0 Å². The van der Waals surface area contributed by atoms with E-state index in [2.05, 4.69) is 61.3 Å². The van der Waals surface area contributed by atoms with Crippen molar-refractivity contribution in [3.05, 3.63) is 54.4 Å². The van der Waals surface area contributed by atoms with Crippen LogP contribution in [0.4, 0.5) is 0 Å². The van der Waals surface area contributed by atoms with Crippen LogP contribution in [0.5, 0.6) is 0 Å². The smallest absolute Gasteiger partial charge is 0.0429 e. The van der Waals surface area contributed by atoms with E-state index in [1.807, 2.05) is 52.2 Å². The molecule has 0 radical (unpaired) electrons. The van der Waals surface area contributed by atoms with E-state index in [-0.39, 0.29) is 0 Å². The highest BCUT2D eigenvalue weighted by atomic mass is 32.1. The molecular weight excluding hydrogens is 338 g/mol. The second-order valence-electron chi connectivity index (χ2n) is 5.50. The van der Waals surface area contributed by atoms with Crippen molar-refractivity contribution in [2.75, 3.05) is 6.61 Å². The fourth-order valence-corrected chi connectivity index (χ4v) is 3.07. The standard InChI is InChI=1S/C16H15NS.C3H8O.2C2H6/c1-11(2)14-8-7-13(10-17-14)16-9-12-5-3-4-6-15(12)18-16;1-2-3-4;2*1-2/h3-11H,1-2H3;4H,2-3H2,1H3;2*1-2H3. The van der Waals surface area contributed by atoms with Gasteiger partial charge in [-0.25, -0.2) is 0 Å². The Labute approximate surface area is 163 Å². The molecule has 3 heteroatoms. The highest BCUT2D eigenvalue weighted by Gasteiger charge is 2.05. The number of benzene rings is 1. The lowest BCUT2D eigenvalue weighted by Crippen LogP contribution is -1.91. The molecule has 0 bridgehead atoms. The Bertz CT molecular complexity index is 667. The van der Waals surface area contributed by atoms with Crippen molar-refractivity contribution in [2.45, 2.75) is 60.8 Å². The van der Waals surface area contributed by atoms with E-state index in [4.69, 9.17) is 5.11 Å². The maximum Gasteiger partial charge on any atom is 0.0429 e. The van der Waals surface area contributed by atoms with Crippen molar-refractivity contribution in [1.29, 1.82) is 0 Å². The van der Waals surface area contributed by atoms with Gasteiger partial charge in [0, 0.05) is 33.6 Å². The predicted molar refractivity (Wildman–Crippen MR) is 119 cm³/mol. The Balaban J connectivity index is 0.000000680. The van der Waals surface area contributed by atoms with Gasteiger partial charge in [-0.1, -0.05) is 72.7 Å². The number of pyridine rings is 1. The van der Waals surface area contributed by atoms with Gasteiger partial charge in [0.05, 0.1) is 0 Å². The lowest BCUT2D eigenvalue weighted by Gasteiger charge is -2.04. The Kier molecular flexibility index (Phi) is 13.5. The zero-order valence-electron chi connectivity index (χ0n) is 17.4. The number of hydrogen-bond acceptors (Lipinski definition) is 3. The summed E-state index contributed by atoms with van der Waals surface area (Å²) in [6.07, 6.45) is 2.86. The van der Waals surface area contributed by atoms with Crippen LogP contribution in [0.25, 0.3) is 20.5 Å². The lowest BCUT2D eigenvalue weighted by molar-refractivity contribution is 0.295. The van der Waals surface area contributed by atoms with Crippen LogP contribution in [0.3, 0.4) is 0 Å². The van der Waals surface area contributed by atoms with Crippen molar-refractivity contribution >= 4 is 21.4 Å². The number of aliphatic hydroxyl groups is 1.